The number of anilines is 1. The molecule has 0 aromatic heterocycles. The maximum absolute atomic E-state index is 11.6. The van der Waals surface area contributed by atoms with Crippen LogP contribution in [0.3, 0.4) is 0 Å². The van der Waals surface area contributed by atoms with Crippen LogP contribution < -0.4 is 4.90 Å². The molecule has 1 saturated carbocycles. The van der Waals surface area contributed by atoms with Gasteiger partial charge < -0.3 is 25.0 Å². The first-order valence-corrected chi connectivity index (χ1v) is 9.81. The van der Waals surface area contributed by atoms with Crippen molar-refractivity contribution in [1.82, 2.24) is 0 Å². The van der Waals surface area contributed by atoms with Crippen LogP contribution in [0.5, 0.6) is 0 Å². The molecule has 27 heavy (non-hydrogen) atoms. The lowest BCUT2D eigenvalue weighted by Crippen LogP contribution is -2.63. The molecule has 0 amide bonds. The van der Waals surface area contributed by atoms with Gasteiger partial charge in [-0.3, -0.25) is 0 Å². The van der Waals surface area contributed by atoms with Crippen molar-refractivity contribution in [1.29, 1.82) is 0 Å². The van der Waals surface area contributed by atoms with Crippen molar-refractivity contribution in [2.24, 2.45) is 5.92 Å². The largest absolute Gasteiger partial charge is 0.390 e. The van der Waals surface area contributed by atoms with Gasteiger partial charge >= 0.3 is 0 Å². The lowest BCUT2D eigenvalue weighted by atomic mass is 9.65. The first-order valence-electron chi connectivity index (χ1n) is 9.81. The summed E-state index contributed by atoms with van der Waals surface area (Å²) in [5.41, 5.74) is 0.313. The first-order chi connectivity index (χ1) is 12.7. The van der Waals surface area contributed by atoms with Gasteiger partial charge in [-0.15, -0.1) is 0 Å². The Morgan fingerprint density at radius 3 is 2.59 bits per heavy atom. The molecule has 1 aromatic rings. The summed E-state index contributed by atoms with van der Waals surface area (Å²) in [6, 6.07) is 9.90. The van der Waals surface area contributed by atoms with Crippen LogP contribution >= 0.6 is 0 Å². The van der Waals surface area contributed by atoms with Crippen LogP contribution in [0.2, 0.25) is 0 Å². The van der Waals surface area contributed by atoms with E-state index in [1.807, 2.05) is 57.2 Å². The normalized spacial score (nSPS) is 37.0. The lowest BCUT2D eigenvalue weighted by Gasteiger charge is -2.50. The highest BCUT2D eigenvalue weighted by molar-refractivity contribution is 5.53. The molecule has 0 spiro atoms. The number of nitrogens with zero attached hydrogens (tertiary/aromatic N) is 1. The van der Waals surface area contributed by atoms with E-state index in [4.69, 9.17) is 4.74 Å². The molecule has 3 N–H and O–H groups in total. The molecule has 1 heterocycles. The fourth-order valence-corrected chi connectivity index (χ4v) is 5.16. The van der Waals surface area contributed by atoms with Crippen molar-refractivity contribution in [3.63, 3.8) is 0 Å². The summed E-state index contributed by atoms with van der Waals surface area (Å²) in [4.78, 5) is 2.12. The Kier molecular flexibility index (Phi) is 5.69. The number of rotatable bonds is 5. The Hall–Kier alpha value is -1.40. The fourth-order valence-electron chi connectivity index (χ4n) is 5.16. The molecule has 5 nitrogen and oxygen atoms in total. The molecular weight excluding hydrogens is 342 g/mol. The van der Waals surface area contributed by atoms with Crippen LogP contribution in [-0.2, 0) is 4.74 Å². The summed E-state index contributed by atoms with van der Waals surface area (Å²) < 4.78 is 5.67. The number of benzene rings is 1. The first kappa shape index (κ1) is 20.3. The third-order valence-electron chi connectivity index (χ3n) is 6.57. The number of β-amino-alcohol motifs (C(OH)–C–C–N with tert-alkyl or cyclic N) is 1. The van der Waals surface area contributed by atoms with Gasteiger partial charge in [0.2, 0.25) is 0 Å². The second-order valence-corrected chi connectivity index (χ2v) is 8.57. The zero-order valence-electron chi connectivity index (χ0n) is 16.8. The van der Waals surface area contributed by atoms with E-state index in [1.165, 1.54) is 0 Å². The second kappa shape index (κ2) is 7.55. The van der Waals surface area contributed by atoms with Gasteiger partial charge in [0.05, 0.1) is 29.5 Å². The minimum atomic E-state index is -1.02. The van der Waals surface area contributed by atoms with E-state index in [-0.39, 0.29) is 0 Å². The molecular formula is C22H33NO4. The Morgan fingerprint density at radius 1 is 1.33 bits per heavy atom. The highest BCUT2D eigenvalue weighted by atomic mass is 16.5. The number of ether oxygens (including phenoxy) is 1. The van der Waals surface area contributed by atoms with Crippen LogP contribution in [0.25, 0.3) is 0 Å². The molecule has 5 heteroatoms. The Bertz CT molecular complexity index is 674. The molecule has 6 atom stereocenters. The van der Waals surface area contributed by atoms with E-state index in [9.17, 15) is 15.3 Å². The van der Waals surface area contributed by atoms with E-state index in [2.05, 4.69) is 4.90 Å². The second-order valence-electron chi connectivity index (χ2n) is 8.57. The smallest absolute Gasteiger partial charge is 0.0909 e. The van der Waals surface area contributed by atoms with Gasteiger partial charge in [0.15, 0.2) is 0 Å². The molecule has 0 bridgehead atoms. The molecule has 1 saturated heterocycles. The number of aliphatic hydroxyl groups is 3. The molecule has 1 aliphatic heterocycles. The summed E-state index contributed by atoms with van der Waals surface area (Å²) in [6.07, 6.45) is 1.62. The number of hydrogen-bond donors (Lipinski definition) is 3. The average Bonchev–Trinajstić information content (AvgIpc) is 2.90. The van der Waals surface area contributed by atoms with Crippen LogP contribution in [0.4, 0.5) is 5.69 Å². The molecule has 150 valence electrons. The monoisotopic (exact) mass is 375 g/mol. The number of aliphatic hydroxyl groups excluding tert-OH is 2. The topological polar surface area (TPSA) is 73.2 Å². The Labute approximate surface area is 162 Å². The molecule has 0 radical (unpaired) electrons. The van der Waals surface area contributed by atoms with Gasteiger partial charge in [-0.25, -0.2) is 0 Å². The van der Waals surface area contributed by atoms with E-state index in [1.54, 1.807) is 7.11 Å². The number of allylic oxidation sites excluding steroid dienone is 1. The molecule has 2 fully saturated rings. The average molecular weight is 376 g/mol. The van der Waals surface area contributed by atoms with Crippen LogP contribution in [0, 0.1) is 5.92 Å². The van der Waals surface area contributed by atoms with Gasteiger partial charge in [-0.05, 0) is 52.2 Å². The summed E-state index contributed by atoms with van der Waals surface area (Å²) in [7, 11) is 1.58. The fraction of sp³-hybridized carbons (Fsp3) is 0.636. The van der Waals surface area contributed by atoms with Crippen LogP contribution in [0.15, 0.2) is 42.0 Å². The quantitative estimate of drug-likeness (QED) is 0.690. The van der Waals surface area contributed by atoms with Gasteiger partial charge in [-0.2, -0.15) is 0 Å². The molecule has 3 rings (SSSR count). The zero-order valence-corrected chi connectivity index (χ0v) is 16.8. The Morgan fingerprint density at radius 2 is 2.00 bits per heavy atom. The van der Waals surface area contributed by atoms with Gasteiger partial charge in [0, 0.05) is 25.3 Å². The minimum Gasteiger partial charge on any atom is -0.390 e. The summed E-state index contributed by atoms with van der Waals surface area (Å²) >= 11 is 0. The standard InChI is InChI=1S/C22H33NO4/c1-15(2)10-11-18(25)21(3)20-19(27-4)17(24)12-13-22(20,26)14-23(21)16-8-6-5-7-9-16/h5-10,17-20,24-26H,11-14H2,1-4H3/t17-,18-,19-,20-,21-,22+/m1/s1. The van der Waals surface area contributed by atoms with Gasteiger partial charge in [-0.1, -0.05) is 29.8 Å². The zero-order chi connectivity index (χ0) is 19.8. The van der Waals surface area contributed by atoms with Crippen molar-refractivity contribution in [3.8, 4) is 0 Å². The number of hydrogen-bond acceptors (Lipinski definition) is 5. The van der Waals surface area contributed by atoms with E-state index in [0.717, 1.165) is 11.3 Å². The molecule has 2 aliphatic rings. The number of methoxy groups -OCH3 is 1. The summed E-state index contributed by atoms with van der Waals surface area (Å²) in [6.45, 7) is 6.43. The third-order valence-corrected chi connectivity index (χ3v) is 6.57. The molecule has 1 aliphatic carbocycles. The summed E-state index contributed by atoms with van der Waals surface area (Å²) in [5.74, 6) is -0.403. The third kappa shape index (κ3) is 3.42. The van der Waals surface area contributed by atoms with E-state index < -0.39 is 35.4 Å². The highest BCUT2D eigenvalue weighted by Crippen LogP contribution is 2.53. The highest BCUT2D eigenvalue weighted by Gasteiger charge is 2.66. The predicted octanol–water partition coefficient (Wildman–Crippen LogP) is 2.50. The summed E-state index contributed by atoms with van der Waals surface area (Å²) in [5, 5.41) is 33.4. The van der Waals surface area contributed by atoms with Crippen molar-refractivity contribution in [2.75, 3.05) is 18.6 Å². The molecule has 0 unspecified atom stereocenters. The maximum Gasteiger partial charge on any atom is 0.0909 e. The minimum absolute atomic E-state index is 0.403. The van der Waals surface area contributed by atoms with Gasteiger partial charge in [0.25, 0.3) is 0 Å². The Balaban J connectivity index is 2.10. The maximum atomic E-state index is 11.6. The number of para-hydroxylation sites is 1. The van der Waals surface area contributed by atoms with Crippen molar-refractivity contribution in [2.45, 2.75) is 69.5 Å². The van der Waals surface area contributed by atoms with Gasteiger partial charge in [0.1, 0.15) is 0 Å². The van der Waals surface area contributed by atoms with Crippen molar-refractivity contribution < 1.29 is 20.1 Å². The van der Waals surface area contributed by atoms with Crippen LogP contribution in [-0.4, -0.2) is 58.4 Å². The van der Waals surface area contributed by atoms with E-state index in [0.29, 0.717) is 25.8 Å². The SMILES string of the molecule is CO[C@@H]1[C@H](O)CC[C@]2(O)CN(c3ccccc3)[C@](C)([C@H](O)CC=C(C)C)[C@@H]12. The lowest BCUT2D eigenvalue weighted by molar-refractivity contribution is -0.164. The van der Waals surface area contributed by atoms with Crippen molar-refractivity contribution >= 4 is 5.69 Å². The number of fused-ring (bicyclic) bond motifs is 1. The van der Waals surface area contributed by atoms with Crippen molar-refractivity contribution in [3.05, 3.63) is 42.0 Å². The molecule has 1 aromatic carbocycles. The van der Waals surface area contributed by atoms with E-state index >= 15 is 0 Å². The van der Waals surface area contributed by atoms with Crippen LogP contribution in [0.1, 0.15) is 40.0 Å². The predicted molar refractivity (Wildman–Crippen MR) is 107 cm³/mol.